The second kappa shape index (κ2) is 3.97. The van der Waals surface area contributed by atoms with E-state index in [2.05, 4.69) is 0 Å². The SMILES string of the molecule is O=CC=C[AsH2]. The first-order valence-electron chi connectivity index (χ1n) is 1.24. The van der Waals surface area contributed by atoms with Gasteiger partial charge in [-0.3, -0.25) is 0 Å². The average molecular weight is 132 g/mol. The Hall–Kier alpha value is -0.0316. The number of rotatable bonds is 1. The minimum atomic E-state index is 0.766. The molecule has 0 N–H and O–H groups in total. The quantitative estimate of drug-likeness (QED) is 0.263. The molecule has 0 rings (SSSR count). The Balaban J connectivity index is 2.92. The summed E-state index contributed by atoms with van der Waals surface area (Å²) in [6, 6.07) is 0. The molecule has 0 amide bonds. The molecule has 0 saturated carbocycles. The first-order chi connectivity index (χ1) is 2.41. The third-order valence-corrected chi connectivity index (χ3v) is 0.656. The van der Waals surface area contributed by atoms with Crippen LogP contribution in [0.15, 0.2) is 10.9 Å². The van der Waals surface area contributed by atoms with Crippen molar-refractivity contribution in [3.05, 3.63) is 10.9 Å². The van der Waals surface area contributed by atoms with Crippen LogP contribution >= 0.6 is 0 Å². The Labute approximate surface area is 39.6 Å². The van der Waals surface area contributed by atoms with E-state index in [0.717, 1.165) is 6.29 Å². The van der Waals surface area contributed by atoms with Crippen LogP contribution in [0.4, 0.5) is 0 Å². The average Bonchev–Trinajstić information content (AvgIpc) is 1.41. The molecule has 28 valence electrons. The maximum atomic E-state index is 9.33. The van der Waals surface area contributed by atoms with Crippen molar-refractivity contribution in [2.24, 2.45) is 0 Å². The Morgan fingerprint density at radius 3 is 2.20 bits per heavy atom. The molecule has 5 heavy (non-hydrogen) atoms. The van der Waals surface area contributed by atoms with Crippen molar-refractivity contribution >= 4 is 23.1 Å². The van der Waals surface area contributed by atoms with Crippen LogP contribution in [0, 0.1) is 0 Å². The third kappa shape index (κ3) is 3.97. The van der Waals surface area contributed by atoms with E-state index in [0.29, 0.717) is 0 Å². The number of hydrogen-bond donors (Lipinski definition) is 0. The molecule has 2 heteroatoms. The van der Waals surface area contributed by atoms with Crippen LogP contribution in [0.3, 0.4) is 0 Å². The fraction of sp³-hybridized carbons (Fsp3) is 0. The van der Waals surface area contributed by atoms with E-state index in [1.165, 1.54) is 22.9 Å². The van der Waals surface area contributed by atoms with Gasteiger partial charge in [-0.15, -0.1) is 0 Å². The molecule has 1 atom stereocenters. The standard InChI is InChI=1S/C3H5AsO/c4-2-1-3-5/h1-3H,4H2. The number of carbonyl (C=O) groups is 1. The topological polar surface area (TPSA) is 17.1 Å². The Kier molecular flexibility index (Phi) is 3.94. The minimum absolute atomic E-state index is 0.766. The van der Waals surface area contributed by atoms with Crippen molar-refractivity contribution in [3.8, 4) is 0 Å². The molecule has 0 spiro atoms. The molecule has 0 heterocycles. The zero-order chi connectivity index (χ0) is 4.12. The first-order valence-corrected chi connectivity index (χ1v) is 2.63. The first kappa shape index (κ1) is 4.97. The zero-order valence-corrected chi connectivity index (χ0v) is 5.14. The van der Waals surface area contributed by atoms with Gasteiger partial charge in [0.2, 0.25) is 0 Å². The predicted molar refractivity (Wildman–Crippen MR) is 23.7 cm³/mol. The predicted octanol–water partition coefficient (Wildman–Crippen LogP) is -0.668. The maximum absolute atomic E-state index is 9.33. The monoisotopic (exact) mass is 132 g/mol. The van der Waals surface area contributed by atoms with Crippen molar-refractivity contribution in [2.45, 2.75) is 0 Å². The molecule has 0 aliphatic heterocycles. The van der Waals surface area contributed by atoms with Crippen LogP contribution in [-0.4, -0.2) is 23.1 Å². The van der Waals surface area contributed by atoms with Crippen molar-refractivity contribution in [2.75, 3.05) is 0 Å². The second-order valence-corrected chi connectivity index (χ2v) is 1.33. The molecule has 1 nitrogen and oxygen atoms in total. The van der Waals surface area contributed by atoms with Gasteiger partial charge in [0.15, 0.2) is 0 Å². The molecular formula is C3H5AsO. The molecule has 0 bridgehead atoms. The van der Waals surface area contributed by atoms with E-state index in [9.17, 15) is 4.79 Å². The molecule has 0 aliphatic carbocycles. The van der Waals surface area contributed by atoms with Crippen molar-refractivity contribution < 1.29 is 4.79 Å². The molecular weight excluding hydrogens is 127 g/mol. The zero-order valence-electron chi connectivity index (χ0n) is 2.72. The van der Waals surface area contributed by atoms with Crippen molar-refractivity contribution in [1.29, 1.82) is 0 Å². The molecule has 0 aromatic carbocycles. The summed E-state index contributed by atoms with van der Waals surface area (Å²) >= 11 is 1.43. The van der Waals surface area contributed by atoms with Gasteiger partial charge in [0.05, 0.1) is 0 Å². The van der Waals surface area contributed by atoms with Crippen LogP contribution in [0.25, 0.3) is 0 Å². The summed E-state index contributed by atoms with van der Waals surface area (Å²) in [4.78, 5) is 11.1. The Bertz CT molecular complexity index is 48.9. The molecule has 0 aromatic heterocycles. The van der Waals surface area contributed by atoms with Crippen LogP contribution in [0.5, 0.6) is 0 Å². The molecule has 0 radical (unpaired) electrons. The van der Waals surface area contributed by atoms with Gasteiger partial charge < -0.3 is 0 Å². The van der Waals surface area contributed by atoms with E-state index >= 15 is 0 Å². The van der Waals surface area contributed by atoms with E-state index in [1.807, 2.05) is 0 Å². The Morgan fingerprint density at radius 2 is 2.20 bits per heavy atom. The van der Waals surface area contributed by atoms with Gasteiger partial charge in [0.25, 0.3) is 0 Å². The van der Waals surface area contributed by atoms with E-state index in [4.69, 9.17) is 0 Å². The van der Waals surface area contributed by atoms with Gasteiger partial charge in [-0.25, -0.2) is 0 Å². The Morgan fingerprint density at radius 1 is 1.60 bits per heavy atom. The van der Waals surface area contributed by atoms with Gasteiger partial charge in [-0.2, -0.15) is 0 Å². The number of hydrogen-bond acceptors (Lipinski definition) is 1. The summed E-state index contributed by atoms with van der Waals surface area (Å²) in [6.45, 7) is 0. The van der Waals surface area contributed by atoms with Crippen LogP contribution < -0.4 is 0 Å². The number of carbonyl (C=O) groups excluding carboxylic acids is 1. The molecule has 1 unspecified atom stereocenters. The summed E-state index contributed by atoms with van der Waals surface area (Å²) in [5, 5.41) is 0. The van der Waals surface area contributed by atoms with Crippen LogP contribution in [0.2, 0.25) is 0 Å². The summed E-state index contributed by atoms with van der Waals surface area (Å²) in [6.07, 6.45) is 2.24. The normalized spacial score (nSPS) is 9.00. The summed E-state index contributed by atoms with van der Waals surface area (Å²) in [5.74, 6) is 0. The van der Waals surface area contributed by atoms with Gasteiger partial charge in [0.1, 0.15) is 0 Å². The van der Waals surface area contributed by atoms with Crippen molar-refractivity contribution in [3.63, 3.8) is 0 Å². The van der Waals surface area contributed by atoms with Gasteiger partial charge in [-0.05, 0) is 0 Å². The van der Waals surface area contributed by atoms with Crippen LogP contribution in [0.1, 0.15) is 0 Å². The summed E-state index contributed by atoms with van der Waals surface area (Å²) < 4.78 is 0. The summed E-state index contributed by atoms with van der Waals surface area (Å²) in [7, 11) is 0. The van der Waals surface area contributed by atoms with Gasteiger partial charge in [-0.1, -0.05) is 0 Å². The van der Waals surface area contributed by atoms with Gasteiger partial charge >= 0.3 is 38.9 Å². The fourth-order valence-electron chi connectivity index (χ4n) is 0.0454. The van der Waals surface area contributed by atoms with E-state index < -0.39 is 0 Å². The second-order valence-electron chi connectivity index (χ2n) is 0.521. The van der Waals surface area contributed by atoms with Crippen LogP contribution in [-0.2, 0) is 4.79 Å². The number of allylic oxidation sites excluding steroid dienone is 1. The molecule has 0 aliphatic rings. The third-order valence-electron chi connectivity index (χ3n) is 0.190. The van der Waals surface area contributed by atoms with E-state index in [-0.39, 0.29) is 0 Å². The van der Waals surface area contributed by atoms with Crippen molar-refractivity contribution in [1.82, 2.24) is 0 Å². The number of aldehydes is 1. The summed E-state index contributed by atoms with van der Waals surface area (Å²) in [5.41, 5.74) is 0. The molecule has 0 aromatic rings. The molecule has 0 saturated heterocycles. The van der Waals surface area contributed by atoms with Gasteiger partial charge in [0, 0.05) is 0 Å². The van der Waals surface area contributed by atoms with E-state index in [1.54, 1.807) is 4.86 Å². The fourth-order valence-corrected chi connectivity index (χ4v) is 0.236. The molecule has 0 fully saturated rings.